The fraction of sp³-hybridized carbons (Fsp3) is 0.0455. The van der Waals surface area contributed by atoms with Gasteiger partial charge in [0.05, 0.1) is 0 Å². The molecule has 118 valence electrons. The van der Waals surface area contributed by atoms with Gasteiger partial charge in [-0.2, -0.15) is 0 Å². The van der Waals surface area contributed by atoms with Crippen molar-refractivity contribution in [3.05, 3.63) is 103 Å². The molecule has 0 saturated heterocycles. The van der Waals surface area contributed by atoms with E-state index in [-0.39, 0.29) is 5.91 Å². The summed E-state index contributed by atoms with van der Waals surface area (Å²) in [6.07, 6.45) is 2.55. The van der Waals surface area contributed by atoms with Crippen LogP contribution >= 0.6 is 0 Å². The first-order valence-electron chi connectivity index (χ1n) is 7.94. The molecule has 1 N–H and O–H groups in total. The molecule has 0 radical (unpaired) electrons. The number of rotatable bonds is 5. The van der Waals surface area contributed by atoms with Crippen molar-refractivity contribution < 1.29 is 4.79 Å². The third-order valence-corrected chi connectivity index (χ3v) is 3.89. The van der Waals surface area contributed by atoms with E-state index >= 15 is 0 Å². The molecular weight excluding hydrogens is 294 g/mol. The number of amides is 1. The summed E-state index contributed by atoms with van der Waals surface area (Å²) < 4.78 is 0. The molecule has 0 heterocycles. The highest BCUT2D eigenvalue weighted by Gasteiger charge is 2.12. The van der Waals surface area contributed by atoms with Gasteiger partial charge in [0.1, 0.15) is 0 Å². The van der Waals surface area contributed by atoms with Crippen LogP contribution < -0.4 is 5.32 Å². The molecule has 0 aliphatic carbocycles. The molecule has 24 heavy (non-hydrogen) atoms. The Bertz CT molecular complexity index is 838. The van der Waals surface area contributed by atoms with Gasteiger partial charge in [-0.1, -0.05) is 66.7 Å². The predicted octanol–water partition coefficient (Wildman–Crippen LogP) is 5.33. The molecule has 0 aromatic heterocycles. The summed E-state index contributed by atoms with van der Waals surface area (Å²) in [7, 11) is 0. The zero-order valence-electron chi connectivity index (χ0n) is 13.4. The van der Waals surface area contributed by atoms with Crippen molar-refractivity contribution in [1.29, 1.82) is 0 Å². The van der Waals surface area contributed by atoms with Crippen LogP contribution in [0.25, 0.3) is 11.1 Å². The molecule has 3 aromatic rings. The summed E-state index contributed by atoms with van der Waals surface area (Å²) in [6.45, 7) is 3.86. The van der Waals surface area contributed by atoms with Gasteiger partial charge in [-0.25, -0.2) is 0 Å². The largest absolute Gasteiger partial charge is 0.322 e. The molecule has 3 rings (SSSR count). The van der Waals surface area contributed by atoms with Gasteiger partial charge in [-0.15, -0.1) is 6.58 Å². The summed E-state index contributed by atoms with van der Waals surface area (Å²) in [5.74, 6) is -0.105. The van der Waals surface area contributed by atoms with Gasteiger partial charge in [0, 0.05) is 11.3 Å². The van der Waals surface area contributed by atoms with Crippen molar-refractivity contribution in [1.82, 2.24) is 0 Å². The summed E-state index contributed by atoms with van der Waals surface area (Å²) >= 11 is 0. The third-order valence-electron chi connectivity index (χ3n) is 3.89. The van der Waals surface area contributed by atoms with E-state index in [0.717, 1.165) is 22.4 Å². The average Bonchev–Trinajstić information content (AvgIpc) is 2.64. The summed E-state index contributed by atoms with van der Waals surface area (Å²) in [5, 5.41) is 3.04. The Morgan fingerprint density at radius 1 is 0.875 bits per heavy atom. The van der Waals surface area contributed by atoms with E-state index in [1.54, 1.807) is 0 Å². The number of carbonyl (C=O) groups excluding carboxylic acids is 1. The smallest absolute Gasteiger partial charge is 0.255 e. The second-order valence-electron chi connectivity index (χ2n) is 5.51. The van der Waals surface area contributed by atoms with Gasteiger partial charge < -0.3 is 5.32 Å². The highest BCUT2D eigenvalue weighted by atomic mass is 16.1. The second-order valence-corrected chi connectivity index (χ2v) is 5.51. The zero-order valence-corrected chi connectivity index (χ0v) is 13.4. The van der Waals surface area contributed by atoms with Gasteiger partial charge in [-0.05, 0) is 41.3 Å². The van der Waals surface area contributed by atoms with E-state index in [1.165, 1.54) is 0 Å². The van der Waals surface area contributed by atoms with Crippen molar-refractivity contribution in [2.24, 2.45) is 0 Å². The van der Waals surface area contributed by atoms with Crippen molar-refractivity contribution in [2.45, 2.75) is 6.42 Å². The van der Waals surface area contributed by atoms with Gasteiger partial charge in [0.2, 0.25) is 0 Å². The number of hydrogen-bond donors (Lipinski definition) is 1. The number of hydrogen-bond acceptors (Lipinski definition) is 1. The van der Waals surface area contributed by atoms with Crippen LogP contribution in [0.1, 0.15) is 15.9 Å². The minimum absolute atomic E-state index is 0.105. The molecule has 2 nitrogen and oxygen atoms in total. The van der Waals surface area contributed by atoms with Crippen molar-refractivity contribution >= 4 is 11.6 Å². The Labute approximate surface area is 142 Å². The lowest BCUT2D eigenvalue weighted by molar-refractivity contribution is 0.102. The topological polar surface area (TPSA) is 29.1 Å². The molecular formula is C22H19NO. The number of allylic oxidation sites excluding steroid dienone is 1. The van der Waals surface area contributed by atoms with Crippen molar-refractivity contribution in [3.63, 3.8) is 0 Å². The fourth-order valence-corrected chi connectivity index (χ4v) is 2.74. The molecule has 0 spiro atoms. The second kappa shape index (κ2) is 7.42. The van der Waals surface area contributed by atoms with Crippen LogP contribution in [0, 0.1) is 0 Å². The first kappa shape index (κ1) is 15.8. The van der Waals surface area contributed by atoms with Gasteiger partial charge in [0.25, 0.3) is 5.91 Å². The quantitative estimate of drug-likeness (QED) is 0.633. The van der Waals surface area contributed by atoms with Crippen LogP contribution in [0.3, 0.4) is 0 Å². The SMILES string of the molecule is C=CCc1c(NC(=O)c2ccccc2)cccc1-c1ccccc1. The maximum absolute atomic E-state index is 12.5. The molecule has 0 atom stereocenters. The molecule has 3 aromatic carbocycles. The number of anilines is 1. The lowest BCUT2D eigenvalue weighted by Crippen LogP contribution is -2.13. The third kappa shape index (κ3) is 3.44. The highest BCUT2D eigenvalue weighted by molar-refractivity contribution is 6.05. The van der Waals surface area contributed by atoms with E-state index in [4.69, 9.17) is 0 Å². The summed E-state index contributed by atoms with van der Waals surface area (Å²) in [6, 6.07) is 25.4. The molecule has 0 saturated carbocycles. The van der Waals surface area contributed by atoms with E-state index in [9.17, 15) is 4.79 Å². The Morgan fingerprint density at radius 3 is 2.21 bits per heavy atom. The van der Waals surface area contributed by atoms with Crippen LogP contribution in [0.4, 0.5) is 5.69 Å². The van der Waals surface area contributed by atoms with Crippen molar-refractivity contribution in [3.8, 4) is 11.1 Å². The Kier molecular flexibility index (Phi) is 4.87. The van der Waals surface area contributed by atoms with Crippen LogP contribution in [0.2, 0.25) is 0 Å². The van der Waals surface area contributed by atoms with E-state index in [1.807, 2.05) is 66.7 Å². The number of benzene rings is 3. The minimum atomic E-state index is -0.105. The molecule has 0 fully saturated rings. The van der Waals surface area contributed by atoms with E-state index in [0.29, 0.717) is 12.0 Å². The first-order chi connectivity index (χ1) is 11.8. The van der Waals surface area contributed by atoms with E-state index < -0.39 is 0 Å². The molecule has 2 heteroatoms. The standard InChI is InChI=1S/C22H19NO/c1-2-10-20-19(17-11-5-3-6-12-17)15-9-16-21(20)23-22(24)18-13-7-4-8-14-18/h2-9,11-16H,1,10H2,(H,23,24). The lowest BCUT2D eigenvalue weighted by atomic mass is 9.96. The van der Waals surface area contributed by atoms with Crippen LogP contribution in [0.5, 0.6) is 0 Å². The van der Waals surface area contributed by atoms with Gasteiger partial charge in [-0.3, -0.25) is 4.79 Å². The molecule has 0 unspecified atom stereocenters. The Hall–Kier alpha value is -3.13. The average molecular weight is 313 g/mol. The maximum atomic E-state index is 12.5. The zero-order chi connectivity index (χ0) is 16.8. The Balaban J connectivity index is 1.99. The Morgan fingerprint density at radius 2 is 1.54 bits per heavy atom. The van der Waals surface area contributed by atoms with Crippen LogP contribution in [0.15, 0.2) is 91.5 Å². The summed E-state index contributed by atoms with van der Waals surface area (Å²) in [5.41, 5.74) is 4.78. The normalized spacial score (nSPS) is 10.2. The van der Waals surface area contributed by atoms with Crippen LogP contribution in [-0.4, -0.2) is 5.91 Å². The highest BCUT2D eigenvalue weighted by Crippen LogP contribution is 2.30. The minimum Gasteiger partial charge on any atom is -0.322 e. The number of nitrogens with one attached hydrogen (secondary N) is 1. The first-order valence-corrected chi connectivity index (χ1v) is 7.94. The van der Waals surface area contributed by atoms with E-state index in [2.05, 4.69) is 30.1 Å². The monoisotopic (exact) mass is 313 g/mol. The molecule has 1 amide bonds. The number of carbonyl (C=O) groups is 1. The summed E-state index contributed by atoms with van der Waals surface area (Å²) in [4.78, 5) is 12.5. The van der Waals surface area contributed by atoms with Crippen LogP contribution in [-0.2, 0) is 6.42 Å². The van der Waals surface area contributed by atoms with Gasteiger partial charge >= 0.3 is 0 Å². The molecule has 0 aliphatic heterocycles. The molecule has 0 aliphatic rings. The van der Waals surface area contributed by atoms with Gasteiger partial charge in [0.15, 0.2) is 0 Å². The maximum Gasteiger partial charge on any atom is 0.255 e. The lowest BCUT2D eigenvalue weighted by Gasteiger charge is -2.15. The fourth-order valence-electron chi connectivity index (χ4n) is 2.74. The van der Waals surface area contributed by atoms with Crippen molar-refractivity contribution in [2.75, 3.05) is 5.32 Å². The molecule has 0 bridgehead atoms. The predicted molar refractivity (Wildman–Crippen MR) is 100 cm³/mol.